The molecule has 0 aliphatic carbocycles. The van der Waals surface area contributed by atoms with Gasteiger partial charge in [0, 0.05) is 10.6 Å². The number of para-hydroxylation sites is 1. The molecule has 0 radical (unpaired) electrons. The summed E-state index contributed by atoms with van der Waals surface area (Å²) in [6.07, 6.45) is 0. The molecule has 5 rings (SSSR count). The van der Waals surface area contributed by atoms with Crippen LogP contribution in [0.4, 0.5) is 10.5 Å². The minimum Gasteiger partial charge on any atom is -0.319 e. The Labute approximate surface area is 207 Å². The topological polar surface area (TPSA) is 93.5 Å². The highest BCUT2D eigenvalue weighted by atomic mass is 32.2. The number of imide groups is 1. The Balaban J connectivity index is 1.45. The number of nitrogens with one attached hydrogen (secondary N) is 1. The molecule has 2 heterocycles. The summed E-state index contributed by atoms with van der Waals surface area (Å²) < 4.78 is 0. The van der Waals surface area contributed by atoms with E-state index in [1.54, 1.807) is 47.9 Å². The molecule has 2 unspecified atom stereocenters. The van der Waals surface area contributed by atoms with Gasteiger partial charge in [-0.15, -0.1) is 11.8 Å². The minimum atomic E-state index is -1.32. The number of amides is 4. The molecule has 0 aromatic heterocycles. The Bertz CT molecular complexity index is 1350. The summed E-state index contributed by atoms with van der Waals surface area (Å²) in [6.45, 7) is 1.23. The van der Waals surface area contributed by atoms with E-state index < -0.39 is 17.5 Å². The number of benzene rings is 3. The fourth-order valence-electron chi connectivity index (χ4n) is 4.54. The van der Waals surface area contributed by atoms with Gasteiger partial charge < -0.3 is 10.2 Å². The summed E-state index contributed by atoms with van der Waals surface area (Å²) in [6, 6.07) is 25.1. The van der Waals surface area contributed by atoms with Crippen molar-refractivity contribution in [1.82, 2.24) is 10.2 Å². The van der Waals surface area contributed by atoms with Crippen molar-refractivity contribution in [2.45, 2.75) is 23.4 Å². The third-order valence-electron chi connectivity index (χ3n) is 6.45. The van der Waals surface area contributed by atoms with Crippen LogP contribution in [0, 0.1) is 11.3 Å². The SMILES string of the molecule is CC1(c2ccc(C#N)cc2)NC(=O)N(CC(=O)N2c3ccccc3SCC2c2ccccc2)C1=O. The number of carbonyl (C=O) groups is 3. The number of fused-ring (bicyclic) bond motifs is 1. The zero-order valence-electron chi connectivity index (χ0n) is 19.0. The van der Waals surface area contributed by atoms with Gasteiger partial charge in [-0.05, 0) is 42.3 Å². The maximum absolute atomic E-state index is 13.7. The van der Waals surface area contributed by atoms with Gasteiger partial charge in [-0.2, -0.15) is 5.26 Å². The molecule has 174 valence electrons. The average molecular weight is 483 g/mol. The second kappa shape index (κ2) is 8.93. The van der Waals surface area contributed by atoms with Crippen molar-refractivity contribution in [3.63, 3.8) is 0 Å². The minimum absolute atomic E-state index is 0.228. The van der Waals surface area contributed by atoms with Crippen LogP contribution in [0.15, 0.2) is 83.8 Å². The predicted octanol–water partition coefficient (Wildman–Crippen LogP) is 4.21. The molecule has 3 aromatic rings. The van der Waals surface area contributed by atoms with Gasteiger partial charge in [-0.1, -0.05) is 54.6 Å². The first kappa shape index (κ1) is 22.7. The molecule has 4 amide bonds. The molecule has 7 nitrogen and oxygen atoms in total. The van der Waals surface area contributed by atoms with E-state index in [-0.39, 0.29) is 18.5 Å². The van der Waals surface area contributed by atoms with Crippen molar-refractivity contribution >= 4 is 35.3 Å². The van der Waals surface area contributed by atoms with Crippen LogP contribution < -0.4 is 10.2 Å². The maximum Gasteiger partial charge on any atom is 0.325 e. The fourth-order valence-corrected chi connectivity index (χ4v) is 5.71. The second-order valence-electron chi connectivity index (χ2n) is 8.60. The van der Waals surface area contributed by atoms with E-state index in [2.05, 4.69) is 5.32 Å². The average Bonchev–Trinajstić information content (AvgIpc) is 3.12. The van der Waals surface area contributed by atoms with Crippen LogP contribution in [0.5, 0.6) is 0 Å². The Hall–Kier alpha value is -4.09. The largest absolute Gasteiger partial charge is 0.325 e. The summed E-state index contributed by atoms with van der Waals surface area (Å²) in [5, 5.41) is 11.8. The molecule has 3 aromatic carbocycles. The van der Waals surface area contributed by atoms with Gasteiger partial charge in [0.25, 0.3) is 5.91 Å². The number of anilines is 1. The molecule has 1 fully saturated rings. The first-order valence-corrected chi connectivity index (χ1v) is 12.1. The van der Waals surface area contributed by atoms with E-state index in [9.17, 15) is 14.4 Å². The highest BCUT2D eigenvalue weighted by Crippen LogP contribution is 2.43. The Morgan fingerprint density at radius 2 is 1.74 bits per heavy atom. The fraction of sp³-hybridized carbons (Fsp3) is 0.185. The van der Waals surface area contributed by atoms with Gasteiger partial charge in [0.05, 0.1) is 23.4 Å². The van der Waals surface area contributed by atoms with Gasteiger partial charge >= 0.3 is 6.03 Å². The smallest absolute Gasteiger partial charge is 0.319 e. The lowest BCUT2D eigenvalue weighted by Gasteiger charge is -2.37. The van der Waals surface area contributed by atoms with Crippen LogP contribution in [-0.2, 0) is 15.1 Å². The van der Waals surface area contributed by atoms with Crippen LogP contribution >= 0.6 is 11.8 Å². The van der Waals surface area contributed by atoms with Gasteiger partial charge in [0.1, 0.15) is 12.1 Å². The molecule has 1 saturated heterocycles. The van der Waals surface area contributed by atoms with Crippen LogP contribution in [0.3, 0.4) is 0 Å². The first-order chi connectivity index (χ1) is 16.9. The first-order valence-electron chi connectivity index (χ1n) is 11.2. The quantitative estimate of drug-likeness (QED) is 0.563. The Kier molecular flexibility index (Phi) is 5.79. The summed E-state index contributed by atoms with van der Waals surface area (Å²) in [4.78, 5) is 43.7. The van der Waals surface area contributed by atoms with Crippen molar-refractivity contribution in [3.8, 4) is 6.07 Å². The number of thioether (sulfide) groups is 1. The van der Waals surface area contributed by atoms with Gasteiger partial charge in [-0.25, -0.2) is 4.79 Å². The van der Waals surface area contributed by atoms with Crippen molar-refractivity contribution in [3.05, 3.63) is 95.6 Å². The van der Waals surface area contributed by atoms with Gasteiger partial charge in [0.2, 0.25) is 5.91 Å². The summed E-state index contributed by atoms with van der Waals surface area (Å²) in [5.41, 5.74) is 1.44. The van der Waals surface area contributed by atoms with Crippen LogP contribution in [0.1, 0.15) is 29.7 Å². The van der Waals surface area contributed by atoms with Gasteiger partial charge in [-0.3, -0.25) is 14.5 Å². The van der Waals surface area contributed by atoms with Crippen LogP contribution in [0.2, 0.25) is 0 Å². The molecule has 2 atom stereocenters. The number of nitriles is 1. The molecule has 8 heteroatoms. The normalized spacial score (nSPS) is 21.3. The van der Waals surface area contributed by atoms with E-state index in [0.717, 1.165) is 21.0 Å². The number of hydrogen-bond donors (Lipinski definition) is 1. The number of nitrogens with zero attached hydrogens (tertiary/aromatic N) is 3. The Morgan fingerprint density at radius 1 is 1.06 bits per heavy atom. The number of rotatable bonds is 4. The molecule has 0 spiro atoms. The van der Waals surface area contributed by atoms with E-state index in [0.29, 0.717) is 16.9 Å². The maximum atomic E-state index is 13.7. The molecule has 1 N–H and O–H groups in total. The van der Waals surface area contributed by atoms with Crippen LogP contribution in [0.25, 0.3) is 0 Å². The summed E-state index contributed by atoms with van der Waals surface area (Å²) in [5.74, 6) is -0.175. The van der Waals surface area contributed by atoms with Crippen molar-refractivity contribution < 1.29 is 14.4 Å². The van der Waals surface area contributed by atoms with E-state index in [1.165, 1.54) is 0 Å². The van der Waals surface area contributed by atoms with E-state index in [1.807, 2.05) is 60.7 Å². The zero-order valence-corrected chi connectivity index (χ0v) is 19.8. The zero-order chi connectivity index (χ0) is 24.6. The molecular formula is C27H22N4O3S. The second-order valence-corrected chi connectivity index (χ2v) is 9.67. The summed E-state index contributed by atoms with van der Waals surface area (Å²) >= 11 is 1.68. The molecule has 0 bridgehead atoms. The lowest BCUT2D eigenvalue weighted by Crippen LogP contribution is -2.47. The molecule has 2 aliphatic rings. The number of carbonyl (C=O) groups excluding carboxylic acids is 3. The molecule has 0 saturated carbocycles. The van der Waals surface area contributed by atoms with E-state index in [4.69, 9.17) is 5.26 Å². The van der Waals surface area contributed by atoms with Crippen molar-refractivity contribution in [1.29, 1.82) is 5.26 Å². The summed E-state index contributed by atoms with van der Waals surface area (Å²) in [7, 11) is 0. The highest BCUT2D eigenvalue weighted by molar-refractivity contribution is 7.99. The van der Waals surface area contributed by atoms with Crippen molar-refractivity contribution in [2.75, 3.05) is 17.2 Å². The van der Waals surface area contributed by atoms with E-state index >= 15 is 0 Å². The highest BCUT2D eigenvalue weighted by Gasteiger charge is 2.50. The predicted molar refractivity (Wildman–Crippen MR) is 133 cm³/mol. The Morgan fingerprint density at radius 3 is 2.46 bits per heavy atom. The number of urea groups is 1. The molecular weight excluding hydrogens is 460 g/mol. The molecule has 2 aliphatic heterocycles. The third-order valence-corrected chi connectivity index (χ3v) is 7.58. The standard InChI is InChI=1S/C27H22N4O3S/c1-27(20-13-11-18(15-28)12-14-20)25(33)30(26(34)29-27)16-24(32)31-21-9-5-6-10-23(21)35-17-22(31)19-7-3-2-4-8-19/h2-14,22H,16-17H2,1H3,(H,29,34). The monoisotopic (exact) mass is 482 g/mol. The van der Waals surface area contributed by atoms with Gasteiger partial charge in [0.15, 0.2) is 0 Å². The lowest BCUT2D eigenvalue weighted by atomic mass is 9.91. The van der Waals surface area contributed by atoms with Crippen LogP contribution in [-0.4, -0.2) is 35.0 Å². The third kappa shape index (κ3) is 3.94. The van der Waals surface area contributed by atoms with Crippen molar-refractivity contribution in [2.24, 2.45) is 0 Å². The number of hydrogen-bond acceptors (Lipinski definition) is 5. The lowest BCUT2D eigenvalue weighted by molar-refractivity contribution is -0.134. The molecule has 35 heavy (non-hydrogen) atoms.